The van der Waals surface area contributed by atoms with Gasteiger partial charge in [0.05, 0.1) is 22.3 Å². The molecule has 0 bridgehead atoms. The average Bonchev–Trinajstić information content (AvgIpc) is 3.16. The van der Waals surface area contributed by atoms with Crippen molar-refractivity contribution in [1.82, 2.24) is 19.7 Å². The second-order valence-corrected chi connectivity index (χ2v) is 5.89. The molecule has 0 aliphatic rings. The molecule has 0 spiro atoms. The molecule has 0 saturated heterocycles. The third-order valence-corrected chi connectivity index (χ3v) is 4.39. The first-order valence-electron chi connectivity index (χ1n) is 6.39. The van der Waals surface area contributed by atoms with Gasteiger partial charge < -0.3 is 0 Å². The van der Waals surface area contributed by atoms with Gasteiger partial charge in [0.1, 0.15) is 0 Å². The topological polar surface area (TPSA) is 46.5 Å². The number of H-pyrrole nitrogens is 1. The highest BCUT2D eigenvalue weighted by Gasteiger charge is 2.12. The Bertz CT molecular complexity index is 967. The number of aromatic nitrogens is 4. The second kappa shape index (κ2) is 4.91. The van der Waals surface area contributed by atoms with Crippen molar-refractivity contribution in [3.63, 3.8) is 0 Å². The summed E-state index contributed by atoms with van der Waals surface area (Å²) in [5.41, 5.74) is 1.88. The van der Waals surface area contributed by atoms with Crippen LogP contribution in [0.3, 0.4) is 0 Å². The van der Waals surface area contributed by atoms with E-state index >= 15 is 0 Å². The van der Waals surface area contributed by atoms with E-state index in [9.17, 15) is 0 Å². The fourth-order valence-corrected chi connectivity index (χ4v) is 3.23. The van der Waals surface area contributed by atoms with Gasteiger partial charge in [-0.3, -0.25) is 14.6 Å². The summed E-state index contributed by atoms with van der Waals surface area (Å²) in [4.78, 5) is 5.56. The van der Waals surface area contributed by atoms with Crippen LogP contribution >= 0.6 is 23.6 Å². The maximum atomic E-state index is 5.37. The van der Waals surface area contributed by atoms with E-state index in [4.69, 9.17) is 12.2 Å². The number of nitrogens with zero attached hydrogens (tertiary/aromatic N) is 3. The van der Waals surface area contributed by atoms with Crippen molar-refractivity contribution < 1.29 is 0 Å². The lowest BCUT2D eigenvalue weighted by atomic mass is 10.2. The molecule has 4 aromatic rings. The lowest BCUT2D eigenvalue weighted by Gasteiger charge is -2.06. The molecule has 3 aromatic heterocycles. The lowest BCUT2D eigenvalue weighted by molar-refractivity contribution is 1.03. The van der Waals surface area contributed by atoms with Gasteiger partial charge in [0, 0.05) is 5.39 Å². The van der Waals surface area contributed by atoms with Crippen LogP contribution in [-0.2, 0) is 0 Å². The Kier molecular flexibility index (Phi) is 2.90. The number of benzene rings is 1. The Balaban J connectivity index is 1.96. The fourth-order valence-electron chi connectivity index (χ4n) is 2.29. The van der Waals surface area contributed by atoms with E-state index in [1.807, 2.05) is 52.5 Å². The summed E-state index contributed by atoms with van der Waals surface area (Å²) in [6.45, 7) is 0. The molecule has 0 saturated carbocycles. The van der Waals surface area contributed by atoms with Crippen molar-refractivity contribution in [3.8, 4) is 16.4 Å². The third-order valence-electron chi connectivity index (χ3n) is 3.25. The first kappa shape index (κ1) is 12.4. The maximum absolute atomic E-state index is 5.37. The highest BCUT2D eigenvalue weighted by Crippen LogP contribution is 2.26. The SMILES string of the molecule is S=c1[nH]nc(-c2cccs2)n1-c1cnc2ccccc2c1. The van der Waals surface area contributed by atoms with E-state index in [-0.39, 0.29) is 0 Å². The maximum Gasteiger partial charge on any atom is 0.200 e. The Morgan fingerprint density at radius 3 is 2.90 bits per heavy atom. The van der Waals surface area contributed by atoms with E-state index in [0.29, 0.717) is 4.77 Å². The van der Waals surface area contributed by atoms with Gasteiger partial charge in [-0.25, -0.2) is 0 Å². The number of hydrogen-bond donors (Lipinski definition) is 1. The molecule has 102 valence electrons. The van der Waals surface area contributed by atoms with Gasteiger partial charge in [0.25, 0.3) is 0 Å². The van der Waals surface area contributed by atoms with E-state index < -0.39 is 0 Å². The monoisotopic (exact) mass is 310 g/mol. The van der Waals surface area contributed by atoms with E-state index in [1.54, 1.807) is 11.3 Å². The molecule has 1 N–H and O–H groups in total. The number of hydrogen-bond acceptors (Lipinski definition) is 4. The number of rotatable bonds is 2. The molecule has 3 heterocycles. The molecule has 0 atom stereocenters. The van der Waals surface area contributed by atoms with Crippen molar-refractivity contribution in [2.45, 2.75) is 0 Å². The molecule has 0 amide bonds. The number of pyridine rings is 1. The molecular formula is C15H10N4S2. The smallest absolute Gasteiger partial charge is 0.200 e. The third kappa shape index (κ3) is 2.09. The summed E-state index contributed by atoms with van der Waals surface area (Å²) in [6, 6.07) is 14.1. The zero-order valence-electron chi connectivity index (χ0n) is 10.9. The van der Waals surface area contributed by atoms with Gasteiger partial charge in [0.2, 0.25) is 0 Å². The van der Waals surface area contributed by atoms with Crippen molar-refractivity contribution >= 4 is 34.5 Å². The van der Waals surface area contributed by atoms with Crippen LogP contribution in [-0.4, -0.2) is 19.7 Å². The van der Waals surface area contributed by atoms with E-state index in [1.165, 1.54) is 0 Å². The fraction of sp³-hybridized carbons (Fsp3) is 0. The minimum atomic E-state index is 0.565. The Labute approximate surface area is 129 Å². The normalized spacial score (nSPS) is 11.0. The molecule has 1 aromatic carbocycles. The van der Waals surface area contributed by atoms with Crippen LogP contribution in [0.4, 0.5) is 0 Å². The van der Waals surface area contributed by atoms with Crippen LogP contribution in [0.2, 0.25) is 0 Å². The predicted octanol–water partition coefficient (Wildman–Crippen LogP) is 4.21. The van der Waals surface area contributed by atoms with Gasteiger partial charge in [-0.05, 0) is 35.8 Å². The van der Waals surface area contributed by atoms with Gasteiger partial charge in [0.15, 0.2) is 10.6 Å². The molecule has 0 radical (unpaired) electrons. The van der Waals surface area contributed by atoms with Crippen LogP contribution in [0.15, 0.2) is 54.0 Å². The number of nitrogens with one attached hydrogen (secondary N) is 1. The average molecular weight is 310 g/mol. The molecule has 0 aliphatic heterocycles. The van der Waals surface area contributed by atoms with Crippen LogP contribution < -0.4 is 0 Å². The number of thiophene rings is 1. The van der Waals surface area contributed by atoms with Crippen LogP contribution in [0, 0.1) is 4.77 Å². The molecule has 4 nitrogen and oxygen atoms in total. The molecular weight excluding hydrogens is 300 g/mol. The van der Waals surface area contributed by atoms with Crippen LogP contribution in [0.25, 0.3) is 27.3 Å². The van der Waals surface area contributed by atoms with Crippen LogP contribution in [0.1, 0.15) is 0 Å². The Morgan fingerprint density at radius 1 is 1.14 bits per heavy atom. The minimum Gasteiger partial charge on any atom is -0.266 e. The van der Waals surface area contributed by atoms with Crippen LogP contribution in [0.5, 0.6) is 0 Å². The second-order valence-electron chi connectivity index (χ2n) is 4.55. The summed E-state index contributed by atoms with van der Waals surface area (Å²) >= 11 is 7.01. The molecule has 0 fully saturated rings. The zero-order chi connectivity index (χ0) is 14.2. The summed E-state index contributed by atoms with van der Waals surface area (Å²) in [7, 11) is 0. The highest BCUT2D eigenvalue weighted by atomic mass is 32.1. The summed E-state index contributed by atoms with van der Waals surface area (Å²) in [5.74, 6) is 0.812. The van der Waals surface area contributed by atoms with Gasteiger partial charge >= 0.3 is 0 Å². The van der Waals surface area contributed by atoms with Crippen molar-refractivity contribution in [3.05, 3.63) is 58.8 Å². The lowest BCUT2D eigenvalue weighted by Crippen LogP contribution is -1.97. The quantitative estimate of drug-likeness (QED) is 0.564. The van der Waals surface area contributed by atoms with E-state index in [0.717, 1.165) is 27.3 Å². The number of fused-ring (bicyclic) bond motifs is 1. The van der Waals surface area contributed by atoms with Crippen molar-refractivity contribution in [1.29, 1.82) is 0 Å². The zero-order valence-corrected chi connectivity index (χ0v) is 12.5. The first-order chi connectivity index (χ1) is 10.3. The standard InChI is InChI=1S/C15H10N4S2/c20-15-18-17-14(13-6-3-7-21-13)19(15)11-8-10-4-1-2-5-12(10)16-9-11/h1-9H,(H,18,20). The van der Waals surface area contributed by atoms with Gasteiger partial charge in [-0.2, -0.15) is 5.10 Å². The van der Waals surface area contributed by atoms with Gasteiger partial charge in [-0.1, -0.05) is 24.3 Å². The highest BCUT2D eigenvalue weighted by molar-refractivity contribution is 7.71. The Hall–Kier alpha value is -2.31. The van der Waals surface area contributed by atoms with Crippen molar-refractivity contribution in [2.24, 2.45) is 0 Å². The van der Waals surface area contributed by atoms with E-state index in [2.05, 4.69) is 21.2 Å². The minimum absolute atomic E-state index is 0.565. The summed E-state index contributed by atoms with van der Waals surface area (Å²) in [5, 5.41) is 10.3. The summed E-state index contributed by atoms with van der Waals surface area (Å²) < 4.78 is 2.48. The van der Waals surface area contributed by atoms with Crippen molar-refractivity contribution in [2.75, 3.05) is 0 Å². The largest absolute Gasteiger partial charge is 0.266 e. The number of aromatic amines is 1. The van der Waals surface area contributed by atoms with Gasteiger partial charge in [-0.15, -0.1) is 11.3 Å². The summed E-state index contributed by atoms with van der Waals surface area (Å²) in [6.07, 6.45) is 1.82. The molecule has 0 unspecified atom stereocenters. The predicted molar refractivity (Wildman–Crippen MR) is 87.4 cm³/mol. The molecule has 0 aliphatic carbocycles. The first-order valence-corrected chi connectivity index (χ1v) is 7.68. The molecule has 21 heavy (non-hydrogen) atoms. The molecule has 4 rings (SSSR count). The molecule has 6 heteroatoms. The Morgan fingerprint density at radius 2 is 2.05 bits per heavy atom. The number of para-hydroxylation sites is 1.